The highest BCUT2D eigenvalue weighted by molar-refractivity contribution is 5.79. The van der Waals surface area contributed by atoms with Crippen LogP contribution in [0, 0.1) is 0 Å². The molecule has 10 nitrogen and oxygen atoms in total. The number of carbonyl (C=O) groups excluding carboxylic acids is 3. The number of carboxylic acid groups (broad SMARTS) is 1. The van der Waals surface area contributed by atoms with Crippen LogP contribution < -0.4 is 19.9 Å². The molecule has 2 atom stereocenters. The number of nitrogens with two attached hydrogens (primary N) is 1. The van der Waals surface area contributed by atoms with Crippen LogP contribution in [0.25, 0.3) is 0 Å². The lowest BCUT2D eigenvalue weighted by Crippen LogP contribution is -2.52. The van der Waals surface area contributed by atoms with Crippen molar-refractivity contribution >= 4 is 24.1 Å². The molecule has 0 bridgehead atoms. The number of benzene rings is 2. The molecule has 2 aromatic carbocycles. The first-order valence-corrected chi connectivity index (χ1v) is 14.1. The average molecular weight is 572 g/mol. The third-order valence-corrected chi connectivity index (χ3v) is 6.26. The van der Waals surface area contributed by atoms with Gasteiger partial charge in [0.2, 0.25) is 0 Å². The monoisotopic (exact) mass is 571 g/mol. The Morgan fingerprint density at radius 1 is 0.829 bits per heavy atom. The molecule has 41 heavy (non-hydrogen) atoms. The maximum Gasteiger partial charge on any atom is 0.514 e. The van der Waals surface area contributed by atoms with Crippen molar-refractivity contribution in [2.45, 2.75) is 96.6 Å². The second kappa shape index (κ2) is 17.0. The summed E-state index contributed by atoms with van der Waals surface area (Å²) in [5.74, 6) is -1.90. The number of unbranched alkanes of at least 4 members (excludes halogenated alkanes) is 4. The van der Waals surface area contributed by atoms with E-state index < -0.39 is 35.7 Å². The number of para-hydroxylation sites is 1. The van der Waals surface area contributed by atoms with Crippen molar-refractivity contribution < 1.29 is 43.2 Å². The van der Waals surface area contributed by atoms with Crippen LogP contribution in [-0.2, 0) is 25.5 Å². The number of carboxylic acids is 1. The largest absolute Gasteiger partial charge is 0.514 e. The van der Waals surface area contributed by atoms with E-state index in [-0.39, 0.29) is 42.9 Å². The first kappa shape index (κ1) is 33.3. The first-order chi connectivity index (χ1) is 19.6. The Labute approximate surface area is 241 Å². The van der Waals surface area contributed by atoms with E-state index in [1.54, 1.807) is 36.4 Å². The average Bonchev–Trinajstić information content (AvgIpc) is 2.90. The number of rotatable bonds is 17. The number of carbonyl (C=O) groups is 4. The lowest BCUT2D eigenvalue weighted by molar-refractivity contribution is -0.144. The van der Waals surface area contributed by atoms with Crippen molar-refractivity contribution in [1.29, 1.82) is 0 Å². The summed E-state index contributed by atoms with van der Waals surface area (Å²) in [6.45, 7) is 5.56. The summed E-state index contributed by atoms with van der Waals surface area (Å²) < 4.78 is 21.3. The Morgan fingerprint density at radius 2 is 1.41 bits per heavy atom. The first-order valence-electron chi connectivity index (χ1n) is 14.1. The summed E-state index contributed by atoms with van der Waals surface area (Å²) in [7, 11) is 0. The van der Waals surface area contributed by atoms with Gasteiger partial charge in [0.25, 0.3) is 0 Å². The SMILES string of the molecule is CCCCCC(=O)Oc1ccc(CC(N)(C[C@H](C)OC(=O)Oc2ccccc2)C(=O)O)cc1OC(=O)CCCCC. The van der Waals surface area contributed by atoms with Gasteiger partial charge in [-0.05, 0) is 49.6 Å². The number of ether oxygens (including phenoxy) is 4. The molecule has 0 fully saturated rings. The topological polar surface area (TPSA) is 151 Å². The molecule has 0 amide bonds. The van der Waals surface area contributed by atoms with Gasteiger partial charge in [0.15, 0.2) is 11.5 Å². The normalized spacial score (nSPS) is 13.0. The predicted octanol–water partition coefficient (Wildman–Crippen LogP) is 5.98. The van der Waals surface area contributed by atoms with Crippen LogP contribution in [0.5, 0.6) is 17.2 Å². The summed E-state index contributed by atoms with van der Waals surface area (Å²) in [6, 6.07) is 12.8. The summed E-state index contributed by atoms with van der Waals surface area (Å²) in [6.07, 6.45) is 3.06. The molecule has 0 aliphatic rings. The Balaban J connectivity index is 2.17. The summed E-state index contributed by atoms with van der Waals surface area (Å²) >= 11 is 0. The van der Waals surface area contributed by atoms with Crippen molar-refractivity contribution in [2.75, 3.05) is 0 Å². The van der Waals surface area contributed by atoms with E-state index in [2.05, 4.69) is 0 Å². The van der Waals surface area contributed by atoms with Gasteiger partial charge in [-0.2, -0.15) is 0 Å². The predicted molar refractivity (Wildman–Crippen MR) is 152 cm³/mol. The summed E-state index contributed by atoms with van der Waals surface area (Å²) in [4.78, 5) is 49.2. The Hall–Kier alpha value is -3.92. The molecule has 2 aromatic rings. The van der Waals surface area contributed by atoms with Gasteiger partial charge in [0, 0.05) is 25.7 Å². The maximum atomic E-state index is 12.5. The van der Waals surface area contributed by atoms with Gasteiger partial charge >= 0.3 is 24.1 Å². The fourth-order valence-electron chi connectivity index (χ4n) is 4.14. The van der Waals surface area contributed by atoms with E-state index in [4.69, 9.17) is 24.7 Å². The van der Waals surface area contributed by atoms with Gasteiger partial charge in [-0.3, -0.25) is 14.4 Å². The zero-order valence-electron chi connectivity index (χ0n) is 24.1. The Kier molecular flexibility index (Phi) is 13.8. The molecule has 0 aromatic heterocycles. The second-order valence-corrected chi connectivity index (χ2v) is 10.1. The maximum absolute atomic E-state index is 12.5. The molecule has 10 heteroatoms. The highest BCUT2D eigenvalue weighted by Gasteiger charge is 2.37. The van der Waals surface area contributed by atoms with E-state index in [1.807, 2.05) is 13.8 Å². The molecular weight excluding hydrogens is 530 g/mol. The van der Waals surface area contributed by atoms with E-state index in [0.29, 0.717) is 18.4 Å². The zero-order valence-corrected chi connectivity index (χ0v) is 24.1. The molecule has 224 valence electrons. The highest BCUT2D eigenvalue weighted by Crippen LogP contribution is 2.32. The van der Waals surface area contributed by atoms with E-state index >= 15 is 0 Å². The van der Waals surface area contributed by atoms with Crippen LogP contribution >= 0.6 is 0 Å². The molecule has 0 heterocycles. The summed E-state index contributed by atoms with van der Waals surface area (Å²) in [5, 5.41) is 9.97. The van der Waals surface area contributed by atoms with Crippen molar-refractivity contribution in [2.24, 2.45) is 5.73 Å². The minimum atomic E-state index is -1.84. The molecule has 0 saturated heterocycles. The van der Waals surface area contributed by atoms with Gasteiger partial charge in [-0.1, -0.05) is 63.8 Å². The highest BCUT2D eigenvalue weighted by atomic mass is 16.7. The smallest absolute Gasteiger partial charge is 0.480 e. The quantitative estimate of drug-likeness (QED) is 0.100. The molecule has 3 N–H and O–H groups in total. The number of hydrogen-bond acceptors (Lipinski definition) is 9. The van der Waals surface area contributed by atoms with Crippen LogP contribution in [0.15, 0.2) is 48.5 Å². The van der Waals surface area contributed by atoms with Crippen LogP contribution in [0.4, 0.5) is 4.79 Å². The number of aliphatic carboxylic acids is 1. The van der Waals surface area contributed by atoms with Crippen molar-refractivity contribution in [1.82, 2.24) is 0 Å². The van der Waals surface area contributed by atoms with Crippen molar-refractivity contribution in [3.05, 3.63) is 54.1 Å². The lowest BCUT2D eigenvalue weighted by Gasteiger charge is -2.28. The number of hydrogen-bond donors (Lipinski definition) is 2. The van der Waals surface area contributed by atoms with Gasteiger partial charge in [-0.15, -0.1) is 0 Å². The summed E-state index contributed by atoms with van der Waals surface area (Å²) in [5.41, 5.74) is 4.88. The number of esters is 2. The molecule has 1 unspecified atom stereocenters. The fourth-order valence-corrected chi connectivity index (χ4v) is 4.14. The lowest BCUT2D eigenvalue weighted by atomic mass is 9.86. The molecule has 0 aliphatic heterocycles. The van der Waals surface area contributed by atoms with E-state index in [9.17, 15) is 24.3 Å². The molecule has 2 rings (SSSR count). The van der Waals surface area contributed by atoms with Gasteiger partial charge < -0.3 is 29.8 Å². The molecule has 0 radical (unpaired) electrons. The third kappa shape index (κ3) is 12.0. The van der Waals surface area contributed by atoms with Gasteiger partial charge in [-0.25, -0.2) is 4.79 Å². The molecular formula is C31H41NO9. The Morgan fingerprint density at radius 3 is 1.98 bits per heavy atom. The molecule has 0 saturated carbocycles. The standard InChI is InChI=1S/C31H41NO9/c1-4-6-9-15-27(33)40-25-18-17-23(19-26(25)41-28(34)16-10-7-5-2)21-31(32,29(35)36)20-22(3)38-30(37)39-24-13-11-8-12-14-24/h8,11-14,17-19,22H,4-7,9-10,15-16,20-21,32H2,1-3H3,(H,35,36)/t22-,31?/m0/s1. The molecule has 0 aliphatic carbocycles. The van der Waals surface area contributed by atoms with Crippen LogP contribution in [0.2, 0.25) is 0 Å². The van der Waals surface area contributed by atoms with Crippen molar-refractivity contribution in [3.8, 4) is 17.2 Å². The van der Waals surface area contributed by atoms with Crippen LogP contribution in [0.1, 0.15) is 84.1 Å². The second-order valence-electron chi connectivity index (χ2n) is 10.1. The minimum Gasteiger partial charge on any atom is -0.480 e. The van der Waals surface area contributed by atoms with Gasteiger partial charge in [0.05, 0.1) is 0 Å². The van der Waals surface area contributed by atoms with Crippen molar-refractivity contribution in [3.63, 3.8) is 0 Å². The minimum absolute atomic E-state index is 0.0105. The third-order valence-electron chi connectivity index (χ3n) is 6.26. The molecule has 0 spiro atoms. The van der Waals surface area contributed by atoms with Crippen LogP contribution in [-0.4, -0.2) is 40.8 Å². The van der Waals surface area contributed by atoms with E-state index in [0.717, 1.165) is 25.7 Å². The zero-order chi connectivity index (χ0) is 30.3. The van der Waals surface area contributed by atoms with E-state index in [1.165, 1.54) is 19.1 Å². The fraction of sp³-hybridized carbons (Fsp3) is 0.484. The van der Waals surface area contributed by atoms with Crippen LogP contribution in [0.3, 0.4) is 0 Å². The van der Waals surface area contributed by atoms with Gasteiger partial charge in [0.1, 0.15) is 17.4 Å². The Bertz CT molecular complexity index is 1150.